The lowest BCUT2D eigenvalue weighted by Crippen LogP contribution is -2.48. The van der Waals surface area contributed by atoms with Gasteiger partial charge in [-0.25, -0.2) is 9.37 Å². The van der Waals surface area contributed by atoms with Crippen LogP contribution in [0.2, 0.25) is 0 Å². The molecule has 0 N–H and O–H groups in total. The second-order valence-electron chi connectivity index (χ2n) is 11.2. The summed E-state index contributed by atoms with van der Waals surface area (Å²) in [6.07, 6.45) is 13.8. The Bertz CT molecular complexity index is 1260. The molecule has 2 aliphatic rings. The minimum Gasteiger partial charge on any atom is -0.340 e. The summed E-state index contributed by atoms with van der Waals surface area (Å²) in [7, 11) is 0. The molecule has 2 fully saturated rings. The zero-order chi connectivity index (χ0) is 27.7. The molecule has 5 rings (SSSR count). The molecular weight excluding hydrogens is 525 g/mol. The van der Waals surface area contributed by atoms with E-state index in [4.69, 9.17) is 5.26 Å². The predicted molar refractivity (Wildman–Crippen MR) is 164 cm³/mol. The number of carbonyl (C=O) groups is 1. The second-order valence-corrected chi connectivity index (χ2v) is 11.2. The Morgan fingerprint density at radius 2 is 1.67 bits per heavy atom. The average Bonchev–Trinajstić information content (AvgIpc) is 3.39. The largest absolute Gasteiger partial charge is 0.340 e. The van der Waals surface area contributed by atoms with Gasteiger partial charge in [-0.3, -0.25) is 9.69 Å². The first-order chi connectivity index (χ1) is 19.6. The molecule has 2 aromatic carbocycles. The van der Waals surface area contributed by atoms with Gasteiger partial charge in [0.1, 0.15) is 5.82 Å². The Morgan fingerprint density at radius 3 is 2.38 bits per heavy atom. The smallest absolute Gasteiger partial charge is 0.223 e. The number of nitriles is 1. The van der Waals surface area contributed by atoms with Gasteiger partial charge in [0.2, 0.25) is 5.91 Å². The molecule has 7 heteroatoms. The zero-order valence-electron chi connectivity index (χ0n) is 24.6. The molecule has 1 amide bonds. The first kappa shape index (κ1) is 33.0. The third-order valence-corrected chi connectivity index (χ3v) is 8.52. The second kappa shape index (κ2) is 16.2. The van der Waals surface area contributed by atoms with Gasteiger partial charge in [0, 0.05) is 51.9 Å². The quantitative estimate of drug-likeness (QED) is 0.308. The van der Waals surface area contributed by atoms with Crippen molar-refractivity contribution in [3.05, 3.63) is 111 Å². The van der Waals surface area contributed by atoms with Crippen molar-refractivity contribution in [1.82, 2.24) is 19.4 Å². The number of rotatable bonds is 8. The summed E-state index contributed by atoms with van der Waals surface area (Å²) in [5, 5.41) is 9.04. The van der Waals surface area contributed by atoms with Crippen LogP contribution in [0.3, 0.4) is 0 Å². The van der Waals surface area contributed by atoms with Crippen molar-refractivity contribution in [3.63, 3.8) is 0 Å². The summed E-state index contributed by atoms with van der Waals surface area (Å²) in [4.78, 5) is 22.3. The summed E-state index contributed by atoms with van der Waals surface area (Å²) in [6.45, 7) is 4.57. The topological polar surface area (TPSA) is 65.2 Å². The maximum atomic E-state index is 13.7. The lowest BCUT2D eigenvalue weighted by atomic mass is 9.76. The number of benzene rings is 2. The van der Waals surface area contributed by atoms with E-state index in [-0.39, 0.29) is 32.5 Å². The molecule has 1 aliphatic heterocycles. The lowest BCUT2D eigenvalue weighted by molar-refractivity contribution is -0.133. The molecule has 2 heterocycles. The van der Waals surface area contributed by atoms with Crippen LogP contribution in [0.15, 0.2) is 61.1 Å². The van der Waals surface area contributed by atoms with Gasteiger partial charge >= 0.3 is 0 Å². The number of aromatic nitrogens is 2. The van der Waals surface area contributed by atoms with Crippen LogP contribution in [0.5, 0.6) is 0 Å². The number of halogens is 1. The number of hydrogen-bond donors (Lipinski definition) is 0. The van der Waals surface area contributed by atoms with Crippen LogP contribution in [0.25, 0.3) is 0 Å². The van der Waals surface area contributed by atoms with Gasteiger partial charge in [0.05, 0.1) is 23.7 Å². The highest BCUT2D eigenvalue weighted by Crippen LogP contribution is 2.37. The molecule has 2 atom stereocenters. The van der Waals surface area contributed by atoms with Crippen molar-refractivity contribution in [2.24, 2.45) is 5.92 Å². The molecular formula is C35H43FN5O. The fourth-order valence-corrected chi connectivity index (χ4v) is 6.12. The average molecular weight is 569 g/mol. The highest BCUT2D eigenvalue weighted by atomic mass is 19.1. The molecule has 1 aliphatic carbocycles. The molecule has 0 bridgehead atoms. The van der Waals surface area contributed by atoms with Crippen molar-refractivity contribution in [3.8, 4) is 6.07 Å². The first-order valence-electron chi connectivity index (χ1n) is 14.7. The molecule has 42 heavy (non-hydrogen) atoms. The van der Waals surface area contributed by atoms with Crippen molar-refractivity contribution >= 4 is 5.91 Å². The molecule has 6 nitrogen and oxygen atoms in total. The van der Waals surface area contributed by atoms with E-state index in [9.17, 15) is 9.18 Å². The van der Waals surface area contributed by atoms with E-state index in [1.54, 1.807) is 0 Å². The minimum atomic E-state index is -0.232. The Hall–Kier alpha value is -3.50. The summed E-state index contributed by atoms with van der Waals surface area (Å²) in [5.74, 6) is 0.424. The number of amides is 1. The lowest BCUT2D eigenvalue weighted by Gasteiger charge is -2.36. The molecule has 2 unspecified atom stereocenters. The van der Waals surface area contributed by atoms with E-state index < -0.39 is 0 Å². The normalized spacial score (nSPS) is 17.2. The Labute approximate surface area is 252 Å². The molecule has 3 aromatic rings. The standard InChI is InChI=1S/C33H39FN5O.2CH2/c34-30-14-12-29(13-15-30)32(28-6-4-2-1-3-5-7-28)20-33(40)38-18-16-37(17-19-38)24-31-22-36-25-39(31)23-27-10-8-26(21-35)9-11-27;;/h6,8-15,22,25,28,32H,1-5,7,16-20,23-24H2;2*1H2. The van der Waals surface area contributed by atoms with Crippen molar-refractivity contribution in [1.29, 1.82) is 5.26 Å². The molecule has 5 radical (unpaired) electrons. The Balaban J connectivity index is 0.00000242. The molecule has 0 spiro atoms. The zero-order valence-corrected chi connectivity index (χ0v) is 24.6. The molecule has 1 saturated carbocycles. The molecule has 1 saturated heterocycles. The highest BCUT2D eigenvalue weighted by molar-refractivity contribution is 5.77. The van der Waals surface area contributed by atoms with E-state index >= 15 is 0 Å². The van der Waals surface area contributed by atoms with Gasteiger partial charge in [-0.2, -0.15) is 5.26 Å². The number of hydrogen-bond acceptors (Lipinski definition) is 4. The minimum absolute atomic E-state index is 0. The Morgan fingerprint density at radius 1 is 0.952 bits per heavy atom. The van der Waals surface area contributed by atoms with Crippen molar-refractivity contribution in [2.75, 3.05) is 26.2 Å². The maximum absolute atomic E-state index is 13.7. The van der Waals surface area contributed by atoms with Crippen LogP contribution in [0.4, 0.5) is 4.39 Å². The summed E-state index contributed by atoms with van der Waals surface area (Å²) >= 11 is 0. The van der Waals surface area contributed by atoms with E-state index in [0.717, 1.165) is 49.3 Å². The summed E-state index contributed by atoms with van der Waals surface area (Å²) < 4.78 is 15.8. The summed E-state index contributed by atoms with van der Waals surface area (Å²) in [6, 6.07) is 16.6. The number of piperazine rings is 1. The molecule has 1 aromatic heterocycles. The molecule has 221 valence electrons. The van der Waals surface area contributed by atoms with Crippen LogP contribution in [0, 0.1) is 44.3 Å². The summed E-state index contributed by atoms with van der Waals surface area (Å²) in [5.41, 5.74) is 4.01. The van der Waals surface area contributed by atoms with Gasteiger partial charge in [-0.1, -0.05) is 64.8 Å². The van der Waals surface area contributed by atoms with E-state index in [1.807, 2.05) is 53.8 Å². The number of imidazole rings is 1. The van der Waals surface area contributed by atoms with Crippen molar-refractivity contribution in [2.45, 2.75) is 64.0 Å². The van der Waals surface area contributed by atoms with Gasteiger partial charge in [0.25, 0.3) is 0 Å². The predicted octanol–water partition coefficient (Wildman–Crippen LogP) is 6.59. The first-order valence-corrected chi connectivity index (χ1v) is 14.7. The van der Waals surface area contributed by atoms with Gasteiger partial charge in [-0.15, -0.1) is 0 Å². The fourth-order valence-electron chi connectivity index (χ4n) is 6.12. The monoisotopic (exact) mass is 568 g/mol. The van der Waals surface area contributed by atoms with E-state index in [0.29, 0.717) is 37.5 Å². The van der Waals surface area contributed by atoms with Gasteiger partial charge < -0.3 is 9.47 Å². The van der Waals surface area contributed by atoms with E-state index in [2.05, 4.69) is 26.9 Å². The fraction of sp³-hybridized carbons (Fsp3) is 0.429. The van der Waals surface area contributed by atoms with Crippen LogP contribution in [-0.2, 0) is 17.9 Å². The number of carbonyl (C=O) groups excluding carboxylic acids is 1. The van der Waals surface area contributed by atoms with Crippen LogP contribution in [0.1, 0.15) is 73.2 Å². The van der Waals surface area contributed by atoms with Gasteiger partial charge in [-0.05, 0) is 66.5 Å². The number of nitrogens with zero attached hydrogens (tertiary/aromatic N) is 5. The Kier molecular flexibility index (Phi) is 12.7. The third-order valence-electron chi connectivity index (χ3n) is 8.52. The van der Waals surface area contributed by atoms with Crippen molar-refractivity contribution < 1.29 is 9.18 Å². The van der Waals surface area contributed by atoms with Crippen LogP contribution < -0.4 is 0 Å². The third kappa shape index (κ3) is 8.75. The SMILES string of the molecule is N#Cc1ccc(Cn2cncc2CN2CCN(C(=O)CC(c3ccc(F)cc3)C3[CH]CCCCCC3)CC2)cc1.[CH2].[CH2]. The van der Waals surface area contributed by atoms with Crippen LogP contribution >= 0.6 is 0 Å². The van der Waals surface area contributed by atoms with Crippen LogP contribution in [-0.4, -0.2) is 51.4 Å². The van der Waals surface area contributed by atoms with Gasteiger partial charge in [0.15, 0.2) is 0 Å². The van der Waals surface area contributed by atoms with E-state index in [1.165, 1.54) is 37.8 Å². The maximum Gasteiger partial charge on any atom is 0.223 e. The highest BCUT2D eigenvalue weighted by Gasteiger charge is 2.30.